The van der Waals surface area contributed by atoms with Crippen molar-refractivity contribution < 1.29 is 4.42 Å². The molecule has 4 nitrogen and oxygen atoms in total. The van der Waals surface area contributed by atoms with Gasteiger partial charge in [0.15, 0.2) is 11.6 Å². The van der Waals surface area contributed by atoms with E-state index in [0.29, 0.717) is 0 Å². The predicted octanol–water partition coefficient (Wildman–Crippen LogP) is 9.51. The number of rotatable bonds is 2. The number of nitrogens with zero attached hydrogens (tertiary/aromatic N) is 3. The first-order valence-electron chi connectivity index (χ1n) is 12.9. The highest BCUT2D eigenvalue weighted by Crippen LogP contribution is 2.42. The molecule has 4 aromatic heterocycles. The quantitative estimate of drug-likeness (QED) is 0.229. The summed E-state index contributed by atoms with van der Waals surface area (Å²) >= 11 is 1.75. The van der Waals surface area contributed by atoms with E-state index < -0.39 is 0 Å². The first kappa shape index (κ1) is 21.0. The molecule has 0 fully saturated rings. The number of benzene rings is 5. The topological polar surface area (TPSA) is 43.9 Å². The summed E-state index contributed by atoms with van der Waals surface area (Å²) in [7, 11) is 0. The van der Waals surface area contributed by atoms with Crippen LogP contribution in [0.2, 0.25) is 0 Å². The maximum Gasteiger partial charge on any atom is 0.162 e. The number of furan rings is 1. The summed E-state index contributed by atoms with van der Waals surface area (Å²) in [6, 6.07) is 40.0. The Labute approximate surface area is 226 Å². The average molecular weight is 518 g/mol. The van der Waals surface area contributed by atoms with Crippen LogP contribution in [0.4, 0.5) is 0 Å². The van der Waals surface area contributed by atoms with Crippen molar-refractivity contribution in [2.24, 2.45) is 0 Å². The number of aromatic nitrogens is 3. The predicted molar refractivity (Wildman–Crippen MR) is 162 cm³/mol. The van der Waals surface area contributed by atoms with Crippen LogP contribution in [0.25, 0.3) is 81.3 Å². The highest BCUT2D eigenvalue weighted by Gasteiger charge is 2.21. The second-order valence-electron chi connectivity index (χ2n) is 9.83. The van der Waals surface area contributed by atoms with Gasteiger partial charge < -0.3 is 4.42 Å². The molecule has 39 heavy (non-hydrogen) atoms. The van der Waals surface area contributed by atoms with Crippen LogP contribution in [0.5, 0.6) is 0 Å². The Hall–Kier alpha value is -5.00. The van der Waals surface area contributed by atoms with E-state index in [4.69, 9.17) is 14.4 Å². The molecular weight excluding hydrogens is 498 g/mol. The van der Waals surface area contributed by atoms with Crippen LogP contribution in [-0.4, -0.2) is 14.5 Å². The van der Waals surface area contributed by atoms with Crippen molar-refractivity contribution in [3.05, 3.63) is 115 Å². The Bertz CT molecular complexity index is 2400. The van der Waals surface area contributed by atoms with Gasteiger partial charge in [-0.3, -0.25) is 4.57 Å². The summed E-state index contributed by atoms with van der Waals surface area (Å²) in [6.45, 7) is 0. The maximum absolute atomic E-state index is 6.33. The van der Waals surface area contributed by atoms with Crippen LogP contribution in [0.3, 0.4) is 0 Å². The van der Waals surface area contributed by atoms with Gasteiger partial charge in [-0.1, -0.05) is 84.9 Å². The summed E-state index contributed by atoms with van der Waals surface area (Å²) < 4.78 is 10.9. The van der Waals surface area contributed by atoms with Crippen molar-refractivity contribution in [1.29, 1.82) is 0 Å². The lowest BCUT2D eigenvalue weighted by molar-refractivity contribution is 0.669. The summed E-state index contributed by atoms with van der Waals surface area (Å²) in [6.07, 6.45) is 0. The largest absolute Gasteiger partial charge is 0.456 e. The van der Waals surface area contributed by atoms with Gasteiger partial charge in [-0.25, -0.2) is 9.97 Å². The summed E-state index contributed by atoms with van der Waals surface area (Å²) in [5, 5.41) is 5.78. The fraction of sp³-hybridized carbons (Fsp3) is 0. The molecule has 0 spiro atoms. The number of hydrogen-bond acceptors (Lipinski definition) is 4. The molecule has 0 aliphatic carbocycles. The van der Waals surface area contributed by atoms with E-state index in [-0.39, 0.29) is 0 Å². The molecular formula is C34H19N3OS. The normalized spacial score (nSPS) is 12.1. The Morgan fingerprint density at radius 2 is 1.31 bits per heavy atom. The lowest BCUT2D eigenvalue weighted by atomic mass is 10.1. The van der Waals surface area contributed by atoms with Gasteiger partial charge >= 0.3 is 0 Å². The first-order chi connectivity index (χ1) is 19.3. The maximum atomic E-state index is 6.33. The van der Waals surface area contributed by atoms with E-state index >= 15 is 0 Å². The van der Waals surface area contributed by atoms with Crippen LogP contribution in [0, 0.1) is 0 Å². The van der Waals surface area contributed by atoms with Crippen molar-refractivity contribution in [3.63, 3.8) is 0 Å². The fourth-order valence-electron chi connectivity index (χ4n) is 5.86. The highest BCUT2D eigenvalue weighted by molar-refractivity contribution is 7.26. The van der Waals surface area contributed by atoms with E-state index in [1.165, 1.54) is 15.5 Å². The Kier molecular flexibility index (Phi) is 4.18. The summed E-state index contributed by atoms with van der Waals surface area (Å²) in [5.41, 5.74) is 5.93. The van der Waals surface area contributed by atoms with E-state index in [9.17, 15) is 0 Å². The molecule has 4 heterocycles. The zero-order valence-electron chi connectivity index (χ0n) is 20.6. The SMILES string of the molecule is c1ccc(-c2nc(-n3c4ccccc4c4cc5c(cc43)oc3ccccc35)c3sc4ccccc4c3n2)cc1. The van der Waals surface area contributed by atoms with Crippen molar-refractivity contribution in [3.8, 4) is 17.2 Å². The molecule has 0 bridgehead atoms. The summed E-state index contributed by atoms with van der Waals surface area (Å²) in [4.78, 5) is 10.4. The van der Waals surface area contributed by atoms with Gasteiger partial charge in [-0.2, -0.15) is 0 Å². The van der Waals surface area contributed by atoms with Gasteiger partial charge in [-0.05, 0) is 24.3 Å². The lowest BCUT2D eigenvalue weighted by Gasteiger charge is -2.10. The second-order valence-corrected chi connectivity index (χ2v) is 10.9. The minimum atomic E-state index is 0.720. The minimum absolute atomic E-state index is 0.720. The zero-order chi connectivity index (χ0) is 25.5. The van der Waals surface area contributed by atoms with Crippen LogP contribution in [0.1, 0.15) is 0 Å². The third-order valence-corrected chi connectivity index (χ3v) is 8.77. The molecule has 0 amide bonds. The average Bonchev–Trinajstić information content (AvgIpc) is 3.65. The number of fused-ring (bicyclic) bond motifs is 9. The van der Waals surface area contributed by atoms with E-state index in [0.717, 1.165) is 65.8 Å². The molecule has 0 atom stereocenters. The van der Waals surface area contributed by atoms with Crippen molar-refractivity contribution in [2.45, 2.75) is 0 Å². The molecule has 0 radical (unpaired) electrons. The van der Waals surface area contributed by atoms with Gasteiger partial charge in [0, 0.05) is 43.3 Å². The highest BCUT2D eigenvalue weighted by atomic mass is 32.1. The zero-order valence-corrected chi connectivity index (χ0v) is 21.4. The van der Waals surface area contributed by atoms with Crippen LogP contribution < -0.4 is 0 Å². The number of hydrogen-bond donors (Lipinski definition) is 0. The van der Waals surface area contributed by atoms with Gasteiger partial charge in [0.25, 0.3) is 0 Å². The smallest absolute Gasteiger partial charge is 0.162 e. The van der Waals surface area contributed by atoms with Crippen molar-refractivity contribution >= 4 is 75.4 Å². The van der Waals surface area contributed by atoms with Gasteiger partial charge in [0.2, 0.25) is 0 Å². The Morgan fingerprint density at radius 1 is 0.564 bits per heavy atom. The van der Waals surface area contributed by atoms with Gasteiger partial charge in [0.1, 0.15) is 11.2 Å². The monoisotopic (exact) mass is 517 g/mol. The van der Waals surface area contributed by atoms with Crippen LogP contribution in [0.15, 0.2) is 120 Å². The lowest BCUT2D eigenvalue weighted by Crippen LogP contribution is -2.01. The summed E-state index contributed by atoms with van der Waals surface area (Å²) in [5.74, 6) is 1.61. The Balaban J connectivity index is 1.47. The van der Waals surface area contributed by atoms with Crippen molar-refractivity contribution in [1.82, 2.24) is 14.5 Å². The molecule has 9 aromatic rings. The first-order valence-corrected chi connectivity index (χ1v) is 13.7. The van der Waals surface area contributed by atoms with E-state index in [2.05, 4.69) is 89.5 Å². The van der Waals surface area contributed by atoms with E-state index in [1.807, 2.05) is 30.3 Å². The standard InChI is InChI=1S/C34H19N3OS/c1-2-10-20(11-3-1)33-35-31-23-14-6-9-17-30(23)39-32(31)34(36-33)37-26-15-7-4-12-21(26)24-18-25-22-13-5-8-16-28(22)38-29(25)19-27(24)37/h1-19H. The van der Waals surface area contributed by atoms with E-state index in [1.54, 1.807) is 11.3 Å². The molecule has 9 rings (SSSR count). The molecule has 182 valence electrons. The second kappa shape index (κ2) is 7.76. The van der Waals surface area contributed by atoms with Crippen molar-refractivity contribution in [2.75, 3.05) is 0 Å². The molecule has 5 heteroatoms. The fourth-order valence-corrected chi connectivity index (χ4v) is 6.98. The molecule has 0 N–H and O–H groups in total. The third-order valence-electron chi connectivity index (χ3n) is 7.62. The number of para-hydroxylation sites is 2. The van der Waals surface area contributed by atoms with Gasteiger partial charge in [-0.15, -0.1) is 11.3 Å². The number of thiophene rings is 1. The third kappa shape index (κ3) is 2.93. The van der Waals surface area contributed by atoms with Crippen LogP contribution in [-0.2, 0) is 0 Å². The molecule has 0 unspecified atom stereocenters. The molecule has 0 aliphatic heterocycles. The molecule has 0 saturated carbocycles. The Morgan fingerprint density at radius 3 is 2.21 bits per heavy atom. The molecule has 5 aromatic carbocycles. The molecule has 0 saturated heterocycles. The van der Waals surface area contributed by atoms with Crippen LogP contribution >= 0.6 is 11.3 Å². The minimum Gasteiger partial charge on any atom is -0.456 e. The van der Waals surface area contributed by atoms with Gasteiger partial charge in [0.05, 0.1) is 21.3 Å². The molecule has 0 aliphatic rings.